The molecule has 0 radical (unpaired) electrons. The van der Waals surface area contributed by atoms with Crippen molar-refractivity contribution in [3.05, 3.63) is 65.7 Å². The summed E-state index contributed by atoms with van der Waals surface area (Å²) in [7, 11) is 1.38. The van der Waals surface area contributed by atoms with Crippen molar-refractivity contribution < 1.29 is 9.53 Å². The molecule has 0 aliphatic heterocycles. The molecule has 0 amide bonds. The van der Waals surface area contributed by atoms with Crippen LogP contribution in [0.4, 0.5) is 5.69 Å². The van der Waals surface area contributed by atoms with Gasteiger partial charge in [0.1, 0.15) is 12.4 Å². The summed E-state index contributed by atoms with van der Waals surface area (Å²) in [5.41, 5.74) is 8.23. The SMILES string of the molecule is COC(=O)CN(CCc1ccccc1)c1cccc(C(=N)N)c1. The highest BCUT2D eigenvalue weighted by atomic mass is 16.5. The molecule has 0 saturated carbocycles. The first-order chi connectivity index (χ1) is 11.1. The molecule has 120 valence electrons. The topological polar surface area (TPSA) is 79.4 Å². The summed E-state index contributed by atoms with van der Waals surface area (Å²) < 4.78 is 4.78. The second kappa shape index (κ2) is 7.98. The quantitative estimate of drug-likeness (QED) is 0.467. The van der Waals surface area contributed by atoms with Crippen LogP contribution < -0.4 is 10.6 Å². The molecule has 0 unspecified atom stereocenters. The number of carbonyl (C=O) groups excluding carboxylic acids is 1. The zero-order valence-corrected chi connectivity index (χ0v) is 13.2. The molecule has 23 heavy (non-hydrogen) atoms. The van der Waals surface area contributed by atoms with Crippen LogP contribution >= 0.6 is 0 Å². The molecule has 5 heteroatoms. The Hall–Kier alpha value is -2.82. The van der Waals surface area contributed by atoms with Crippen LogP contribution in [0.15, 0.2) is 54.6 Å². The van der Waals surface area contributed by atoms with Crippen LogP contribution in [0.5, 0.6) is 0 Å². The number of hydrogen-bond acceptors (Lipinski definition) is 4. The maximum Gasteiger partial charge on any atom is 0.325 e. The van der Waals surface area contributed by atoms with E-state index in [2.05, 4.69) is 12.1 Å². The van der Waals surface area contributed by atoms with E-state index in [4.69, 9.17) is 15.9 Å². The van der Waals surface area contributed by atoms with Gasteiger partial charge in [-0.25, -0.2) is 0 Å². The van der Waals surface area contributed by atoms with Gasteiger partial charge in [-0.3, -0.25) is 10.2 Å². The standard InChI is InChI=1S/C18H21N3O2/c1-23-17(22)13-21(11-10-14-6-3-2-4-7-14)16-9-5-8-15(12-16)18(19)20/h2-9,12H,10-11,13H2,1H3,(H3,19,20). The van der Waals surface area contributed by atoms with Gasteiger partial charge in [-0.1, -0.05) is 42.5 Å². The van der Waals surface area contributed by atoms with Gasteiger partial charge in [0.15, 0.2) is 0 Å². The van der Waals surface area contributed by atoms with Crippen molar-refractivity contribution in [2.24, 2.45) is 5.73 Å². The largest absolute Gasteiger partial charge is 0.468 e. The lowest BCUT2D eigenvalue weighted by molar-refractivity contribution is -0.138. The van der Waals surface area contributed by atoms with Gasteiger partial charge in [-0.2, -0.15) is 0 Å². The summed E-state index contributed by atoms with van der Waals surface area (Å²) >= 11 is 0. The van der Waals surface area contributed by atoms with Gasteiger partial charge in [0.25, 0.3) is 0 Å². The zero-order chi connectivity index (χ0) is 16.7. The summed E-state index contributed by atoms with van der Waals surface area (Å²) in [5.74, 6) is -0.292. The Morgan fingerprint density at radius 1 is 1.17 bits per heavy atom. The van der Waals surface area contributed by atoms with Crippen LogP contribution in [-0.2, 0) is 16.0 Å². The third-order valence-corrected chi connectivity index (χ3v) is 3.58. The highest BCUT2D eigenvalue weighted by molar-refractivity contribution is 5.95. The number of anilines is 1. The highest BCUT2D eigenvalue weighted by Gasteiger charge is 2.13. The predicted octanol–water partition coefficient (Wildman–Crippen LogP) is 2.19. The number of nitrogens with two attached hydrogens (primary N) is 1. The molecule has 0 bridgehead atoms. The molecule has 0 aliphatic rings. The second-order valence-corrected chi connectivity index (χ2v) is 5.20. The number of benzene rings is 2. The molecular formula is C18H21N3O2. The van der Waals surface area contributed by atoms with E-state index in [1.165, 1.54) is 12.7 Å². The van der Waals surface area contributed by atoms with Crippen LogP contribution in [0.1, 0.15) is 11.1 Å². The van der Waals surface area contributed by atoms with Crippen molar-refractivity contribution in [2.45, 2.75) is 6.42 Å². The summed E-state index contributed by atoms with van der Waals surface area (Å²) in [6.07, 6.45) is 0.808. The smallest absolute Gasteiger partial charge is 0.325 e. The summed E-state index contributed by atoms with van der Waals surface area (Å²) in [4.78, 5) is 13.6. The Bertz CT molecular complexity index is 671. The molecule has 2 aromatic rings. The van der Waals surface area contributed by atoms with E-state index in [0.29, 0.717) is 12.1 Å². The van der Waals surface area contributed by atoms with E-state index in [1.807, 2.05) is 41.3 Å². The van der Waals surface area contributed by atoms with Crippen LogP contribution in [0.3, 0.4) is 0 Å². The molecule has 3 N–H and O–H groups in total. The van der Waals surface area contributed by atoms with Crippen molar-refractivity contribution in [1.82, 2.24) is 0 Å². The number of hydrogen-bond donors (Lipinski definition) is 2. The minimum absolute atomic E-state index is 0.00734. The highest BCUT2D eigenvalue weighted by Crippen LogP contribution is 2.17. The van der Waals surface area contributed by atoms with Gasteiger partial charge >= 0.3 is 5.97 Å². The minimum atomic E-state index is -0.300. The average Bonchev–Trinajstić information content (AvgIpc) is 2.59. The first-order valence-electron chi connectivity index (χ1n) is 7.40. The molecule has 0 spiro atoms. The van der Waals surface area contributed by atoms with Crippen LogP contribution in [0.2, 0.25) is 0 Å². The van der Waals surface area contributed by atoms with E-state index in [1.54, 1.807) is 6.07 Å². The van der Waals surface area contributed by atoms with Gasteiger partial charge in [0.05, 0.1) is 7.11 Å². The Labute approximate surface area is 136 Å². The monoisotopic (exact) mass is 311 g/mol. The van der Waals surface area contributed by atoms with Crippen LogP contribution in [0.25, 0.3) is 0 Å². The number of nitrogen functional groups attached to an aromatic ring is 1. The first kappa shape index (κ1) is 16.5. The molecule has 0 heterocycles. The maximum absolute atomic E-state index is 11.7. The van der Waals surface area contributed by atoms with Gasteiger partial charge < -0.3 is 15.4 Å². The van der Waals surface area contributed by atoms with Gasteiger partial charge in [0.2, 0.25) is 0 Å². The van der Waals surface area contributed by atoms with Crippen molar-refractivity contribution in [3.8, 4) is 0 Å². The maximum atomic E-state index is 11.7. The van der Waals surface area contributed by atoms with E-state index in [9.17, 15) is 4.79 Å². The molecule has 2 rings (SSSR count). The van der Waals surface area contributed by atoms with Gasteiger partial charge in [0, 0.05) is 17.8 Å². The fraction of sp³-hybridized carbons (Fsp3) is 0.222. The fourth-order valence-corrected chi connectivity index (χ4v) is 2.30. The first-order valence-corrected chi connectivity index (χ1v) is 7.40. The van der Waals surface area contributed by atoms with E-state index >= 15 is 0 Å². The molecular weight excluding hydrogens is 290 g/mol. The van der Waals surface area contributed by atoms with Crippen molar-refractivity contribution in [2.75, 3.05) is 25.1 Å². The molecule has 0 aromatic heterocycles. The molecule has 0 fully saturated rings. The molecule has 0 atom stereocenters. The third-order valence-electron chi connectivity index (χ3n) is 3.58. The van der Waals surface area contributed by atoms with Crippen LogP contribution in [0, 0.1) is 5.41 Å². The van der Waals surface area contributed by atoms with Gasteiger partial charge in [-0.05, 0) is 24.1 Å². The van der Waals surface area contributed by atoms with Crippen molar-refractivity contribution in [3.63, 3.8) is 0 Å². The normalized spacial score (nSPS) is 10.1. The van der Waals surface area contributed by atoms with E-state index in [0.717, 1.165) is 12.1 Å². The number of carbonyl (C=O) groups is 1. The van der Waals surface area contributed by atoms with Crippen molar-refractivity contribution in [1.29, 1.82) is 5.41 Å². The summed E-state index contributed by atoms with van der Waals surface area (Å²) in [6.45, 7) is 0.825. The number of amidine groups is 1. The number of ether oxygens (including phenoxy) is 1. The van der Waals surface area contributed by atoms with Crippen LogP contribution in [-0.4, -0.2) is 32.0 Å². The lowest BCUT2D eigenvalue weighted by atomic mass is 10.1. The number of nitrogens with zero attached hydrogens (tertiary/aromatic N) is 1. The fourth-order valence-electron chi connectivity index (χ4n) is 2.30. The Morgan fingerprint density at radius 2 is 1.91 bits per heavy atom. The van der Waals surface area contributed by atoms with Crippen molar-refractivity contribution >= 4 is 17.5 Å². The predicted molar refractivity (Wildman–Crippen MR) is 91.8 cm³/mol. The molecule has 5 nitrogen and oxygen atoms in total. The number of methoxy groups -OCH3 is 1. The second-order valence-electron chi connectivity index (χ2n) is 5.20. The minimum Gasteiger partial charge on any atom is -0.468 e. The third kappa shape index (κ3) is 4.85. The van der Waals surface area contributed by atoms with E-state index in [-0.39, 0.29) is 18.3 Å². The van der Waals surface area contributed by atoms with E-state index < -0.39 is 0 Å². The number of rotatable bonds is 7. The lowest BCUT2D eigenvalue weighted by Crippen LogP contribution is -2.32. The molecule has 0 aliphatic carbocycles. The Balaban J connectivity index is 2.17. The zero-order valence-electron chi connectivity index (χ0n) is 13.2. The number of nitrogens with one attached hydrogen (secondary N) is 1. The molecule has 0 saturated heterocycles. The summed E-state index contributed by atoms with van der Waals surface area (Å²) in [6, 6.07) is 17.4. The summed E-state index contributed by atoms with van der Waals surface area (Å²) in [5, 5.41) is 7.55. The Kier molecular flexibility index (Phi) is 5.74. The average molecular weight is 311 g/mol. The van der Waals surface area contributed by atoms with Gasteiger partial charge in [-0.15, -0.1) is 0 Å². The number of esters is 1. The lowest BCUT2D eigenvalue weighted by Gasteiger charge is -2.24. The molecule has 2 aromatic carbocycles. The Morgan fingerprint density at radius 3 is 2.57 bits per heavy atom.